The molecule has 0 atom stereocenters. The van der Waals surface area contributed by atoms with Crippen LogP contribution in [0.5, 0.6) is 0 Å². The first kappa shape index (κ1) is 18.3. The van der Waals surface area contributed by atoms with Crippen molar-refractivity contribution in [3.05, 3.63) is 46.7 Å². The molecule has 2 rings (SSSR count). The number of nitrogens with one attached hydrogen (secondary N) is 1. The van der Waals surface area contributed by atoms with Crippen molar-refractivity contribution in [3.8, 4) is 0 Å². The van der Waals surface area contributed by atoms with Crippen LogP contribution in [-0.2, 0) is 21.4 Å². The van der Waals surface area contributed by atoms with Gasteiger partial charge in [-0.1, -0.05) is 35.0 Å². The van der Waals surface area contributed by atoms with Gasteiger partial charge in [-0.05, 0) is 18.6 Å². The van der Waals surface area contributed by atoms with Crippen LogP contribution < -0.4 is 9.62 Å². The van der Waals surface area contributed by atoms with E-state index in [1.54, 1.807) is 19.1 Å². The first-order valence-electron chi connectivity index (χ1n) is 7.18. The zero-order valence-electron chi connectivity index (χ0n) is 13.3. The predicted molar refractivity (Wildman–Crippen MR) is 91.3 cm³/mol. The average molecular weight is 372 g/mol. The Bertz CT molecular complexity index is 820. The number of carbonyl (C=O) groups is 1. The lowest BCUT2D eigenvalue weighted by Gasteiger charge is -2.18. The summed E-state index contributed by atoms with van der Waals surface area (Å²) in [5, 5.41) is 6.97. The molecule has 0 saturated heterocycles. The van der Waals surface area contributed by atoms with Crippen molar-refractivity contribution >= 4 is 33.3 Å². The maximum atomic E-state index is 12.0. The van der Waals surface area contributed by atoms with Gasteiger partial charge in [-0.15, -0.1) is 0 Å². The number of sulfonamides is 1. The Labute approximate surface area is 145 Å². The Morgan fingerprint density at radius 1 is 1.38 bits per heavy atom. The number of anilines is 1. The molecule has 0 bridgehead atoms. The van der Waals surface area contributed by atoms with Gasteiger partial charge < -0.3 is 9.84 Å². The molecule has 1 heterocycles. The molecule has 0 fully saturated rings. The van der Waals surface area contributed by atoms with Crippen LogP contribution in [0.4, 0.5) is 5.82 Å². The second-order valence-electron chi connectivity index (χ2n) is 5.25. The van der Waals surface area contributed by atoms with Gasteiger partial charge in [0.2, 0.25) is 15.9 Å². The smallest absolute Gasteiger partial charge is 0.233 e. The zero-order valence-corrected chi connectivity index (χ0v) is 14.9. The highest BCUT2D eigenvalue weighted by Crippen LogP contribution is 2.17. The monoisotopic (exact) mass is 371 g/mol. The maximum Gasteiger partial charge on any atom is 0.233 e. The molecule has 0 aliphatic rings. The number of aryl methyl sites for hydroxylation is 1. The molecule has 0 radical (unpaired) electrons. The Morgan fingerprint density at radius 3 is 2.67 bits per heavy atom. The van der Waals surface area contributed by atoms with E-state index in [2.05, 4.69) is 10.5 Å². The van der Waals surface area contributed by atoms with E-state index < -0.39 is 10.0 Å². The molecule has 1 N–H and O–H groups in total. The van der Waals surface area contributed by atoms with Crippen LogP contribution in [0.1, 0.15) is 17.7 Å². The molecule has 7 nitrogen and oxygen atoms in total. The SMILES string of the molecule is Cc1cc(N(CCC(=O)NCc2ccccc2Cl)S(C)(=O)=O)no1. The van der Waals surface area contributed by atoms with Crippen LogP contribution in [0.25, 0.3) is 0 Å². The number of benzene rings is 1. The summed E-state index contributed by atoms with van der Waals surface area (Å²) in [6.45, 7) is 1.91. The van der Waals surface area contributed by atoms with E-state index in [9.17, 15) is 13.2 Å². The lowest BCUT2D eigenvalue weighted by Crippen LogP contribution is -2.34. The van der Waals surface area contributed by atoms with Gasteiger partial charge in [0.05, 0.1) is 6.26 Å². The van der Waals surface area contributed by atoms with Crippen molar-refractivity contribution in [2.45, 2.75) is 19.9 Å². The van der Waals surface area contributed by atoms with Crippen molar-refractivity contribution in [2.75, 3.05) is 17.1 Å². The van der Waals surface area contributed by atoms with Crippen LogP contribution in [0, 0.1) is 6.92 Å². The van der Waals surface area contributed by atoms with E-state index >= 15 is 0 Å². The minimum Gasteiger partial charge on any atom is -0.360 e. The first-order chi connectivity index (χ1) is 11.3. The second-order valence-corrected chi connectivity index (χ2v) is 7.56. The summed E-state index contributed by atoms with van der Waals surface area (Å²) in [6.07, 6.45) is 1.04. The summed E-state index contributed by atoms with van der Waals surface area (Å²) in [5.74, 6) is 0.361. The molecule has 24 heavy (non-hydrogen) atoms. The highest BCUT2D eigenvalue weighted by Gasteiger charge is 2.21. The normalized spacial score (nSPS) is 11.3. The number of nitrogens with zero attached hydrogens (tertiary/aromatic N) is 2. The van der Waals surface area contributed by atoms with Crippen LogP contribution in [-0.4, -0.2) is 32.3 Å². The first-order valence-corrected chi connectivity index (χ1v) is 9.41. The van der Waals surface area contributed by atoms with E-state index in [-0.39, 0.29) is 31.2 Å². The van der Waals surface area contributed by atoms with Gasteiger partial charge in [0, 0.05) is 30.6 Å². The topological polar surface area (TPSA) is 92.5 Å². The van der Waals surface area contributed by atoms with Gasteiger partial charge in [-0.3, -0.25) is 9.10 Å². The Balaban J connectivity index is 1.94. The number of aromatic nitrogens is 1. The number of rotatable bonds is 7. The minimum atomic E-state index is -3.56. The quantitative estimate of drug-likeness (QED) is 0.804. The van der Waals surface area contributed by atoms with Crippen LogP contribution >= 0.6 is 11.6 Å². The fraction of sp³-hybridized carbons (Fsp3) is 0.333. The van der Waals surface area contributed by atoms with Crippen LogP contribution in [0.2, 0.25) is 5.02 Å². The standard InChI is InChI=1S/C15H18ClN3O4S/c1-11-9-14(18-23-11)19(24(2,21)22)8-7-15(20)17-10-12-5-3-4-6-13(12)16/h3-6,9H,7-8,10H2,1-2H3,(H,17,20). The molecular weight excluding hydrogens is 354 g/mol. The molecule has 0 aliphatic carbocycles. The molecular formula is C15H18ClN3O4S. The molecule has 0 unspecified atom stereocenters. The van der Waals surface area contributed by atoms with Crippen molar-refractivity contribution in [2.24, 2.45) is 0 Å². The predicted octanol–water partition coefficient (Wildman–Crippen LogP) is 2.11. The largest absolute Gasteiger partial charge is 0.360 e. The van der Waals surface area contributed by atoms with Gasteiger partial charge in [0.15, 0.2) is 5.82 Å². The van der Waals surface area contributed by atoms with Gasteiger partial charge in [0.25, 0.3) is 0 Å². The molecule has 0 aliphatic heterocycles. The van der Waals surface area contributed by atoms with Crippen LogP contribution in [0.3, 0.4) is 0 Å². The van der Waals surface area contributed by atoms with Crippen molar-refractivity contribution in [1.82, 2.24) is 10.5 Å². The molecule has 1 aromatic carbocycles. The fourth-order valence-electron chi connectivity index (χ4n) is 2.05. The Kier molecular flexibility index (Phi) is 5.84. The van der Waals surface area contributed by atoms with Gasteiger partial charge in [0.1, 0.15) is 5.76 Å². The Hall–Kier alpha value is -2.06. The summed E-state index contributed by atoms with van der Waals surface area (Å²) in [6, 6.07) is 8.68. The van der Waals surface area contributed by atoms with Crippen molar-refractivity contribution in [1.29, 1.82) is 0 Å². The second kappa shape index (κ2) is 7.67. The van der Waals surface area contributed by atoms with Gasteiger partial charge in [-0.2, -0.15) is 0 Å². The van der Waals surface area contributed by atoms with Gasteiger partial charge in [-0.25, -0.2) is 8.42 Å². The lowest BCUT2D eigenvalue weighted by molar-refractivity contribution is -0.121. The molecule has 1 aromatic heterocycles. The molecule has 130 valence electrons. The number of carbonyl (C=O) groups excluding carboxylic acids is 1. The van der Waals surface area contributed by atoms with E-state index in [4.69, 9.17) is 16.1 Å². The van der Waals surface area contributed by atoms with E-state index in [0.717, 1.165) is 16.1 Å². The zero-order chi connectivity index (χ0) is 17.7. The molecule has 1 amide bonds. The third kappa shape index (κ3) is 4.97. The summed E-state index contributed by atoms with van der Waals surface area (Å²) >= 11 is 6.02. The molecule has 0 spiro atoms. The summed E-state index contributed by atoms with van der Waals surface area (Å²) in [7, 11) is -3.56. The minimum absolute atomic E-state index is 0.0105. The van der Waals surface area contributed by atoms with Crippen molar-refractivity contribution < 1.29 is 17.7 Å². The third-order valence-electron chi connectivity index (χ3n) is 3.25. The van der Waals surface area contributed by atoms with E-state index in [0.29, 0.717) is 10.8 Å². The molecule has 2 aromatic rings. The molecule has 9 heteroatoms. The number of halogens is 1. The average Bonchev–Trinajstić information content (AvgIpc) is 2.91. The maximum absolute atomic E-state index is 12.0. The summed E-state index contributed by atoms with van der Waals surface area (Å²) in [5.41, 5.74) is 0.791. The lowest BCUT2D eigenvalue weighted by atomic mass is 10.2. The van der Waals surface area contributed by atoms with E-state index in [1.165, 1.54) is 6.07 Å². The highest BCUT2D eigenvalue weighted by molar-refractivity contribution is 7.92. The fourth-order valence-corrected chi connectivity index (χ4v) is 3.10. The summed E-state index contributed by atoms with van der Waals surface area (Å²) < 4.78 is 29.7. The summed E-state index contributed by atoms with van der Waals surface area (Å²) in [4.78, 5) is 12.0. The van der Waals surface area contributed by atoms with Crippen LogP contribution in [0.15, 0.2) is 34.9 Å². The molecule has 0 saturated carbocycles. The highest BCUT2D eigenvalue weighted by atomic mass is 35.5. The number of amides is 1. The Morgan fingerprint density at radius 2 is 2.08 bits per heavy atom. The number of hydrogen-bond acceptors (Lipinski definition) is 5. The third-order valence-corrected chi connectivity index (χ3v) is 4.79. The number of hydrogen-bond donors (Lipinski definition) is 1. The van der Waals surface area contributed by atoms with Gasteiger partial charge >= 0.3 is 0 Å². The van der Waals surface area contributed by atoms with Crippen molar-refractivity contribution in [3.63, 3.8) is 0 Å². The van der Waals surface area contributed by atoms with E-state index in [1.807, 2.05) is 12.1 Å².